The molecule has 0 aromatic carbocycles. The van der Waals surface area contributed by atoms with Crippen molar-refractivity contribution in [1.82, 2.24) is 10.2 Å². The van der Waals surface area contributed by atoms with Gasteiger partial charge >= 0.3 is 0 Å². The van der Waals surface area contributed by atoms with E-state index in [-0.39, 0.29) is 0 Å². The molecule has 2 aliphatic carbocycles. The predicted molar refractivity (Wildman–Crippen MR) is 76.3 cm³/mol. The molecule has 3 heteroatoms. The fraction of sp³-hybridized carbons (Fsp3) is 1.00. The normalized spacial score (nSPS) is 39.8. The molecule has 3 nitrogen and oxygen atoms in total. The smallest absolute Gasteiger partial charge is 0.0622 e. The second-order valence-corrected chi connectivity index (χ2v) is 7.28. The molecule has 4 aliphatic rings. The first-order valence-electron chi connectivity index (χ1n) is 8.45. The second-order valence-electron chi connectivity index (χ2n) is 7.28. The van der Waals surface area contributed by atoms with Crippen LogP contribution in [0.4, 0.5) is 0 Å². The zero-order chi connectivity index (χ0) is 12.7. The molecule has 4 rings (SSSR count). The molecule has 2 unspecified atom stereocenters. The number of hydrogen-bond donors (Lipinski definition) is 1. The van der Waals surface area contributed by atoms with E-state index in [2.05, 4.69) is 10.2 Å². The highest BCUT2D eigenvalue weighted by Gasteiger charge is 2.48. The molecule has 4 fully saturated rings. The molecule has 0 bridgehead atoms. The highest BCUT2D eigenvalue weighted by molar-refractivity contribution is 5.05. The highest BCUT2D eigenvalue weighted by Crippen LogP contribution is 2.41. The Labute approximate surface area is 117 Å². The van der Waals surface area contributed by atoms with Crippen molar-refractivity contribution in [3.05, 3.63) is 0 Å². The maximum absolute atomic E-state index is 5.69. The van der Waals surface area contributed by atoms with Crippen LogP contribution in [0.3, 0.4) is 0 Å². The third-order valence-corrected chi connectivity index (χ3v) is 6.02. The lowest BCUT2D eigenvalue weighted by Crippen LogP contribution is -2.68. The van der Waals surface area contributed by atoms with Crippen molar-refractivity contribution in [1.29, 1.82) is 0 Å². The second kappa shape index (κ2) is 5.01. The van der Waals surface area contributed by atoms with Crippen LogP contribution in [0.1, 0.15) is 51.4 Å². The Hall–Kier alpha value is -0.120. The van der Waals surface area contributed by atoms with Gasteiger partial charge in [0, 0.05) is 37.3 Å². The number of piperazine rings is 1. The van der Waals surface area contributed by atoms with E-state index in [1.165, 1.54) is 64.5 Å². The molecule has 0 radical (unpaired) electrons. The molecule has 0 aromatic rings. The molecule has 1 N–H and O–H groups in total. The first-order chi connectivity index (χ1) is 9.37. The Kier molecular flexibility index (Phi) is 3.33. The topological polar surface area (TPSA) is 24.5 Å². The summed E-state index contributed by atoms with van der Waals surface area (Å²) < 4.78 is 5.69. The van der Waals surface area contributed by atoms with Gasteiger partial charge in [0.05, 0.1) is 6.61 Å². The zero-order valence-corrected chi connectivity index (χ0v) is 12.1. The minimum atomic E-state index is 0.474. The van der Waals surface area contributed by atoms with Crippen molar-refractivity contribution in [2.75, 3.05) is 26.3 Å². The zero-order valence-electron chi connectivity index (χ0n) is 12.1. The standard InChI is InChI=1S/C16H28N2O/c1-2-7-16(8-3-1)12-17-15(13-4-5-13)10-18(16)14-6-9-19-11-14/h13-15,17H,1-12H2. The molecular weight excluding hydrogens is 236 g/mol. The van der Waals surface area contributed by atoms with Crippen LogP contribution in [0.25, 0.3) is 0 Å². The van der Waals surface area contributed by atoms with Crippen LogP contribution >= 0.6 is 0 Å². The quantitative estimate of drug-likeness (QED) is 0.827. The van der Waals surface area contributed by atoms with E-state index in [0.29, 0.717) is 11.6 Å². The van der Waals surface area contributed by atoms with E-state index in [0.717, 1.165) is 25.2 Å². The molecule has 2 aliphatic heterocycles. The fourth-order valence-corrected chi connectivity index (χ4v) is 4.69. The van der Waals surface area contributed by atoms with Crippen LogP contribution in [-0.2, 0) is 4.74 Å². The van der Waals surface area contributed by atoms with Crippen LogP contribution in [0.15, 0.2) is 0 Å². The van der Waals surface area contributed by atoms with E-state index in [9.17, 15) is 0 Å². The number of nitrogens with one attached hydrogen (secondary N) is 1. The van der Waals surface area contributed by atoms with Crippen molar-refractivity contribution >= 4 is 0 Å². The van der Waals surface area contributed by atoms with Gasteiger partial charge in [-0.2, -0.15) is 0 Å². The van der Waals surface area contributed by atoms with Gasteiger partial charge in [0.15, 0.2) is 0 Å². The Balaban J connectivity index is 1.54. The Bertz CT molecular complexity index is 317. The maximum Gasteiger partial charge on any atom is 0.0622 e. The summed E-state index contributed by atoms with van der Waals surface area (Å²) in [5, 5.41) is 3.91. The summed E-state index contributed by atoms with van der Waals surface area (Å²) >= 11 is 0. The number of nitrogens with zero attached hydrogens (tertiary/aromatic N) is 1. The first kappa shape index (κ1) is 12.6. The van der Waals surface area contributed by atoms with Gasteiger partial charge in [-0.15, -0.1) is 0 Å². The van der Waals surface area contributed by atoms with E-state index in [4.69, 9.17) is 4.74 Å². The Morgan fingerprint density at radius 2 is 1.89 bits per heavy atom. The SMILES string of the molecule is C1CCC2(CC1)CNC(C1CC1)CN2C1CCOC1. The van der Waals surface area contributed by atoms with Crippen molar-refractivity contribution in [2.24, 2.45) is 5.92 Å². The van der Waals surface area contributed by atoms with Crippen LogP contribution in [-0.4, -0.2) is 48.8 Å². The van der Waals surface area contributed by atoms with Crippen LogP contribution in [0.2, 0.25) is 0 Å². The van der Waals surface area contributed by atoms with Gasteiger partial charge < -0.3 is 10.1 Å². The number of rotatable bonds is 2. The van der Waals surface area contributed by atoms with E-state index in [1.807, 2.05) is 0 Å². The van der Waals surface area contributed by atoms with E-state index in [1.54, 1.807) is 0 Å². The molecule has 108 valence electrons. The van der Waals surface area contributed by atoms with Gasteiger partial charge in [0.2, 0.25) is 0 Å². The molecule has 2 saturated carbocycles. The van der Waals surface area contributed by atoms with Crippen LogP contribution in [0.5, 0.6) is 0 Å². The van der Waals surface area contributed by atoms with Gasteiger partial charge in [0.25, 0.3) is 0 Å². The van der Waals surface area contributed by atoms with Gasteiger partial charge in [0.1, 0.15) is 0 Å². The summed E-state index contributed by atoms with van der Waals surface area (Å²) in [5.41, 5.74) is 0.474. The number of hydrogen-bond acceptors (Lipinski definition) is 3. The monoisotopic (exact) mass is 264 g/mol. The average Bonchev–Trinajstić information content (AvgIpc) is 3.16. The molecule has 0 aromatic heterocycles. The lowest BCUT2D eigenvalue weighted by atomic mass is 9.77. The third-order valence-electron chi connectivity index (χ3n) is 6.02. The van der Waals surface area contributed by atoms with Gasteiger partial charge in [-0.25, -0.2) is 0 Å². The molecule has 19 heavy (non-hydrogen) atoms. The molecule has 2 atom stereocenters. The summed E-state index contributed by atoms with van der Waals surface area (Å²) in [6.07, 6.45) is 11.3. The van der Waals surface area contributed by atoms with Gasteiger partial charge in [-0.05, 0) is 38.0 Å². The van der Waals surface area contributed by atoms with Crippen molar-refractivity contribution in [2.45, 2.75) is 69.0 Å². The lowest BCUT2D eigenvalue weighted by Gasteiger charge is -2.54. The first-order valence-corrected chi connectivity index (χ1v) is 8.45. The summed E-state index contributed by atoms with van der Waals surface area (Å²) in [7, 11) is 0. The predicted octanol–water partition coefficient (Wildman–Crippen LogP) is 2.16. The third kappa shape index (κ3) is 2.34. The lowest BCUT2D eigenvalue weighted by molar-refractivity contribution is -0.0279. The van der Waals surface area contributed by atoms with Crippen molar-refractivity contribution in [3.63, 3.8) is 0 Å². The number of ether oxygens (including phenoxy) is 1. The summed E-state index contributed by atoms with van der Waals surface area (Å²) in [6.45, 7) is 4.50. The van der Waals surface area contributed by atoms with Gasteiger partial charge in [-0.1, -0.05) is 19.3 Å². The average molecular weight is 264 g/mol. The minimum absolute atomic E-state index is 0.474. The molecule has 2 heterocycles. The van der Waals surface area contributed by atoms with Crippen molar-refractivity contribution < 1.29 is 4.74 Å². The summed E-state index contributed by atoms with van der Waals surface area (Å²) in [4.78, 5) is 2.90. The molecule has 2 saturated heterocycles. The molecule has 0 amide bonds. The van der Waals surface area contributed by atoms with Crippen molar-refractivity contribution in [3.8, 4) is 0 Å². The largest absolute Gasteiger partial charge is 0.380 e. The van der Waals surface area contributed by atoms with E-state index >= 15 is 0 Å². The maximum atomic E-state index is 5.69. The molecular formula is C16H28N2O. The minimum Gasteiger partial charge on any atom is -0.380 e. The highest BCUT2D eigenvalue weighted by atomic mass is 16.5. The van der Waals surface area contributed by atoms with Gasteiger partial charge in [-0.3, -0.25) is 4.90 Å². The summed E-state index contributed by atoms with van der Waals surface area (Å²) in [5.74, 6) is 0.978. The molecule has 1 spiro atoms. The van der Waals surface area contributed by atoms with E-state index < -0.39 is 0 Å². The summed E-state index contributed by atoms with van der Waals surface area (Å²) in [6, 6.07) is 1.48. The fourth-order valence-electron chi connectivity index (χ4n) is 4.69. The van der Waals surface area contributed by atoms with Crippen LogP contribution in [0, 0.1) is 5.92 Å². The van der Waals surface area contributed by atoms with Crippen LogP contribution < -0.4 is 5.32 Å². The Morgan fingerprint density at radius 3 is 2.58 bits per heavy atom. The Morgan fingerprint density at radius 1 is 1.05 bits per heavy atom.